The number of carbonyl (C=O) groups is 2. The number of Topliss-reactive ketones (excluding diaryl/α,β-unsaturated/α-hetero) is 1. The van der Waals surface area contributed by atoms with Gasteiger partial charge in [0.15, 0.2) is 5.78 Å². The van der Waals surface area contributed by atoms with Crippen LogP contribution in [0.5, 0.6) is 0 Å². The number of allylic oxidation sites excluding steroid dienone is 2. The molecular formula is C29H32F3NO4S. The minimum atomic E-state index is -4.43. The van der Waals surface area contributed by atoms with Crippen molar-refractivity contribution in [3.63, 3.8) is 0 Å². The van der Waals surface area contributed by atoms with Gasteiger partial charge >= 0.3 is 12.3 Å². The molecule has 1 aromatic heterocycles. The number of alkyl halides is 3. The Hall–Kier alpha value is -3.07. The molecular weight excluding hydrogens is 515 g/mol. The number of thioether (sulfide) groups is 1. The van der Waals surface area contributed by atoms with E-state index in [1.165, 1.54) is 23.9 Å². The average molecular weight is 548 g/mol. The quantitative estimate of drug-likeness (QED) is 0.172. The van der Waals surface area contributed by atoms with E-state index in [1.807, 2.05) is 20.8 Å². The molecule has 1 unspecified atom stereocenters. The highest BCUT2D eigenvalue weighted by molar-refractivity contribution is 7.99. The summed E-state index contributed by atoms with van der Waals surface area (Å²) < 4.78 is 49.0. The maximum absolute atomic E-state index is 13.6. The van der Waals surface area contributed by atoms with Gasteiger partial charge in [-0.05, 0) is 66.7 Å². The molecule has 0 N–H and O–H groups in total. The van der Waals surface area contributed by atoms with Crippen LogP contribution in [0.25, 0.3) is 5.57 Å². The van der Waals surface area contributed by atoms with Crippen molar-refractivity contribution in [1.82, 2.24) is 4.98 Å². The maximum atomic E-state index is 13.6. The minimum absolute atomic E-state index is 0.0134. The normalized spacial score (nSPS) is 15.9. The van der Waals surface area contributed by atoms with Crippen molar-refractivity contribution in [3.8, 4) is 0 Å². The molecule has 0 aliphatic heterocycles. The second-order valence-electron chi connectivity index (χ2n) is 9.13. The summed E-state index contributed by atoms with van der Waals surface area (Å²) >= 11 is 1.32. The topological polar surface area (TPSA) is 65.5 Å². The van der Waals surface area contributed by atoms with Crippen molar-refractivity contribution in [1.29, 1.82) is 0 Å². The molecule has 204 valence electrons. The maximum Gasteiger partial charge on any atom is 0.513 e. The van der Waals surface area contributed by atoms with Gasteiger partial charge in [-0.3, -0.25) is 4.79 Å². The largest absolute Gasteiger partial charge is 0.513 e. The number of carbonyl (C=O) groups excluding carboxylic acids is 2. The molecule has 0 spiro atoms. The number of halogens is 3. The molecule has 5 nitrogen and oxygen atoms in total. The molecule has 9 heteroatoms. The summed E-state index contributed by atoms with van der Waals surface area (Å²) in [7, 11) is 0. The lowest BCUT2D eigenvalue weighted by Gasteiger charge is -2.28. The molecule has 0 fully saturated rings. The van der Waals surface area contributed by atoms with Crippen LogP contribution >= 0.6 is 11.8 Å². The zero-order chi connectivity index (χ0) is 27.9. The number of rotatable bonds is 10. The Morgan fingerprint density at radius 2 is 1.87 bits per heavy atom. The van der Waals surface area contributed by atoms with Gasteiger partial charge in [-0.25, -0.2) is 9.78 Å². The van der Waals surface area contributed by atoms with E-state index in [2.05, 4.69) is 23.7 Å². The van der Waals surface area contributed by atoms with Crippen LogP contribution in [-0.4, -0.2) is 29.3 Å². The Morgan fingerprint density at radius 3 is 2.42 bits per heavy atom. The highest BCUT2D eigenvalue weighted by Crippen LogP contribution is 2.39. The van der Waals surface area contributed by atoms with Crippen LogP contribution in [-0.2, 0) is 33.3 Å². The van der Waals surface area contributed by atoms with Crippen molar-refractivity contribution in [2.75, 3.05) is 12.4 Å². The standard InChI is InChI=1S/C29H32F3NO4S/c1-5-11-36-28(35)37-24-16-19(10-12-38-25-9-8-22(17-33-25)29(30,31)32)15-23(34)27(24)26-20(6-2)13-18(4)14-21(26)7-3/h5,8-9,13-14,17,19H,1,6-7,10-12,15-16H2,2-4H3. The molecule has 1 aliphatic carbocycles. The third kappa shape index (κ3) is 7.49. The van der Waals surface area contributed by atoms with E-state index in [-0.39, 0.29) is 24.7 Å². The van der Waals surface area contributed by atoms with Gasteiger partial charge < -0.3 is 9.47 Å². The molecule has 1 atom stereocenters. The van der Waals surface area contributed by atoms with Crippen molar-refractivity contribution in [2.24, 2.45) is 5.92 Å². The first-order valence-corrected chi connectivity index (χ1v) is 13.6. The predicted molar refractivity (Wildman–Crippen MR) is 142 cm³/mol. The fraction of sp³-hybridized carbons (Fsp3) is 0.414. The first-order valence-electron chi connectivity index (χ1n) is 12.6. The Morgan fingerprint density at radius 1 is 1.18 bits per heavy atom. The lowest BCUT2D eigenvalue weighted by molar-refractivity contribution is -0.137. The number of aryl methyl sites for hydroxylation is 3. The number of ether oxygens (including phenoxy) is 2. The molecule has 1 aliphatic rings. The van der Waals surface area contributed by atoms with E-state index in [4.69, 9.17) is 9.47 Å². The predicted octanol–water partition coefficient (Wildman–Crippen LogP) is 7.75. The van der Waals surface area contributed by atoms with Gasteiger partial charge in [-0.15, -0.1) is 11.8 Å². The number of ketones is 1. The summed E-state index contributed by atoms with van der Waals surface area (Å²) in [5.74, 6) is 0.644. The molecule has 2 aromatic rings. The zero-order valence-electron chi connectivity index (χ0n) is 21.8. The van der Waals surface area contributed by atoms with Crippen LogP contribution in [0.15, 0.2) is 53.9 Å². The molecule has 0 saturated heterocycles. The lowest BCUT2D eigenvalue weighted by Crippen LogP contribution is -2.23. The Bertz CT molecular complexity index is 1180. The third-order valence-corrected chi connectivity index (χ3v) is 7.31. The summed E-state index contributed by atoms with van der Waals surface area (Å²) in [6.07, 6.45) is -0.393. The van der Waals surface area contributed by atoms with Crippen molar-refractivity contribution < 1.29 is 32.2 Å². The monoisotopic (exact) mass is 547 g/mol. The smallest absolute Gasteiger partial charge is 0.430 e. The number of nitrogens with zero attached hydrogens (tertiary/aromatic N) is 1. The summed E-state index contributed by atoms with van der Waals surface area (Å²) in [4.78, 5) is 29.9. The van der Waals surface area contributed by atoms with E-state index in [1.54, 1.807) is 0 Å². The third-order valence-electron chi connectivity index (χ3n) is 6.33. The Kier molecular flexibility index (Phi) is 10.2. The molecule has 0 bridgehead atoms. The van der Waals surface area contributed by atoms with Gasteiger partial charge in [0.05, 0.1) is 16.2 Å². The van der Waals surface area contributed by atoms with Crippen LogP contribution in [0.3, 0.4) is 0 Å². The van der Waals surface area contributed by atoms with Gasteiger partial charge in [-0.1, -0.05) is 44.2 Å². The van der Waals surface area contributed by atoms with Gasteiger partial charge in [0, 0.05) is 19.0 Å². The summed E-state index contributed by atoms with van der Waals surface area (Å²) in [6.45, 7) is 9.59. The number of aromatic nitrogens is 1. The molecule has 0 amide bonds. The highest BCUT2D eigenvalue weighted by atomic mass is 32.2. The molecule has 3 rings (SSSR count). The zero-order valence-corrected chi connectivity index (χ0v) is 22.6. The number of benzene rings is 1. The van der Waals surface area contributed by atoms with E-state index >= 15 is 0 Å². The van der Waals surface area contributed by atoms with E-state index < -0.39 is 17.9 Å². The number of hydrogen-bond acceptors (Lipinski definition) is 6. The van der Waals surface area contributed by atoms with E-state index in [9.17, 15) is 22.8 Å². The van der Waals surface area contributed by atoms with Gasteiger partial charge in [-0.2, -0.15) is 13.2 Å². The van der Waals surface area contributed by atoms with Gasteiger partial charge in [0.2, 0.25) is 0 Å². The van der Waals surface area contributed by atoms with Crippen LogP contribution in [0.2, 0.25) is 0 Å². The highest BCUT2D eigenvalue weighted by Gasteiger charge is 2.33. The van der Waals surface area contributed by atoms with Crippen molar-refractivity contribution in [3.05, 3.63) is 76.7 Å². The van der Waals surface area contributed by atoms with Crippen molar-refractivity contribution in [2.45, 2.75) is 64.1 Å². The van der Waals surface area contributed by atoms with Crippen LogP contribution in [0, 0.1) is 12.8 Å². The molecule has 0 saturated carbocycles. The summed E-state index contributed by atoms with van der Waals surface area (Å²) in [5.41, 5.74) is 3.62. The fourth-order valence-electron chi connectivity index (χ4n) is 4.57. The molecule has 0 radical (unpaired) electrons. The molecule has 38 heavy (non-hydrogen) atoms. The van der Waals surface area contributed by atoms with Crippen LogP contribution in [0.4, 0.5) is 18.0 Å². The Labute approximate surface area is 225 Å². The van der Waals surface area contributed by atoms with Gasteiger partial charge in [0.1, 0.15) is 12.4 Å². The molecule has 1 heterocycles. The Balaban J connectivity index is 1.84. The second-order valence-corrected chi connectivity index (χ2v) is 10.2. The fourth-order valence-corrected chi connectivity index (χ4v) is 5.52. The minimum Gasteiger partial charge on any atom is -0.430 e. The first kappa shape index (κ1) is 29.5. The SMILES string of the molecule is C=CCOC(=O)OC1=C(c2c(CC)cc(C)cc2CC)C(=O)CC(CCSc2ccc(C(F)(F)F)cn2)C1. The molecule has 1 aromatic carbocycles. The van der Waals surface area contributed by atoms with Crippen LogP contribution in [0.1, 0.15) is 60.9 Å². The second kappa shape index (κ2) is 13.1. The first-order chi connectivity index (χ1) is 18.1. The number of pyridine rings is 1. The van der Waals surface area contributed by atoms with E-state index in [0.29, 0.717) is 35.0 Å². The van der Waals surface area contributed by atoms with E-state index in [0.717, 1.165) is 47.4 Å². The lowest BCUT2D eigenvalue weighted by atomic mass is 9.79. The van der Waals surface area contributed by atoms with Crippen LogP contribution < -0.4 is 0 Å². The number of hydrogen-bond donors (Lipinski definition) is 0. The average Bonchev–Trinajstić information content (AvgIpc) is 2.87. The van der Waals surface area contributed by atoms with Crippen molar-refractivity contribution >= 4 is 29.3 Å². The summed E-state index contributed by atoms with van der Waals surface area (Å²) in [6, 6.07) is 6.47. The summed E-state index contributed by atoms with van der Waals surface area (Å²) in [5, 5.41) is 0.473. The van der Waals surface area contributed by atoms with Gasteiger partial charge in [0.25, 0.3) is 0 Å².